The standard InChI is InChI=1S/C14H14N2O5S/c1-21-7-3-6-15-13(17)12(22-14(15)18)9-10-4-2-5-11(8-10)16(19)20/h2,4-5,8-9H,3,6-7H2,1H3/b12-9+. The van der Waals surface area contributed by atoms with E-state index in [1.165, 1.54) is 24.3 Å². The lowest BCUT2D eigenvalue weighted by Crippen LogP contribution is -2.29. The maximum atomic E-state index is 12.2. The molecule has 0 radical (unpaired) electrons. The van der Waals surface area contributed by atoms with E-state index in [0.29, 0.717) is 25.1 Å². The highest BCUT2D eigenvalue weighted by Crippen LogP contribution is 2.32. The predicted molar refractivity (Wildman–Crippen MR) is 82.3 cm³/mol. The van der Waals surface area contributed by atoms with Gasteiger partial charge in [-0.05, 0) is 29.8 Å². The number of carbonyl (C=O) groups excluding carboxylic acids is 2. The van der Waals surface area contributed by atoms with Gasteiger partial charge in [-0.25, -0.2) is 0 Å². The molecule has 1 aromatic carbocycles. The molecule has 8 heteroatoms. The zero-order chi connectivity index (χ0) is 16.1. The second-order valence-corrected chi connectivity index (χ2v) is 5.52. The average Bonchev–Trinajstić information content (AvgIpc) is 2.75. The monoisotopic (exact) mass is 322 g/mol. The summed E-state index contributed by atoms with van der Waals surface area (Å²) >= 11 is 0.837. The number of nitrogens with zero attached hydrogens (tertiary/aromatic N) is 2. The number of non-ortho nitro benzene ring substituents is 1. The lowest BCUT2D eigenvalue weighted by Gasteiger charge is -2.11. The van der Waals surface area contributed by atoms with E-state index in [2.05, 4.69) is 0 Å². The number of ether oxygens (including phenoxy) is 1. The molecule has 0 saturated carbocycles. The molecule has 0 aromatic heterocycles. The van der Waals surface area contributed by atoms with Crippen LogP contribution >= 0.6 is 11.8 Å². The molecule has 0 atom stereocenters. The number of nitro groups is 1. The fourth-order valence-electron chi connectivity index (χ4n) is 1.94. The SMILES string of the molecule is COCCCN1C(=O)S/C(=C/c2cccc([N+](=O)[O-])c2)C1=O. The van der Waals surface area contributed by atoms with Crippen LogP contribution < -0.4 is 0 Å². The fraction of sp³-hybridized carbons (Fsp3) is 0.286. The molecule has 1 aliphatic heterocycles. The van der Waals surface area contributed by atoms with Gasteiger partial charge in [0, 0.05) is 32.4 Å². The van der Waals surface area contributed by atoms with Gasteiger partial charge in [0.2, 0.25) is 0 Å². The van der Waals surface area contributed by atoms with Gasteiger partial charge < -0.3 is 4.74 Å². The number of amides is 2. The van der Waals surface area contributed by atoms with Crippen LogP contribution in [0, 0.1) is 10.1 Å². The van der Waals surface area contributed by atoms with Crippen molar-refractivity contribution in [2.75, 3.05) is 20.3 Å². The Morgan fingerprint density at radius 2 is 2.18 bits per heavy atom. The Bertz CT molecular complexity index is 644. The first-order valence-electron chi connectivity index (χ1n) is 6.51. The van der Waals surface area contributed by atoms with Crippen molar-refractivity contribution in [2.45, 2.75) is 6.42 Å². The van der Waals surface area contributed by atoms with E-state index in [4.69, 9.17) is 4.74 Å². The zero-order valence-corrected chi connectivity index (χ0v) is 12.7. The van der Waals surface area contributed by atoms with Crippen LogP contribution in [0.25, 0.3) is 6.08 Å². The van der Waals surface area contributed by atoms with Gasteiger partial charge in [-0.3, -0.25) is 24.6 Å². The van der Waals surface area contributed by atoms with Gasteiger partial charge in [0.15, 0.2) is 0 Å². The quantitative estimate of drug-likeness (QED) is 0.346. The summed E-state index contributed by atoms with van der Waals surface area (Å²) in [5.74, 6) is -0.377. The van der Waals surface area contributed by atoms with Crippen molar-refractivity contribution in [3.63, 3.8) is 0 Å². The molecule has 1 saturated heterocycles. The van der Waals surface area contributed by atoms with Crippen molar-refractivity contribution < 1.29 is 19.2 Å². The Kier molecular flexibility index (Phi) is 5.29. The number of hydrogen-bond donors (Lipinski definition) is 0. The molecule has 2 amide bonds. The Balaban J connectivity index is 2.15. The van der Waals surface area contributed by atoms with Gasteiger partial charge >= 0.3 is 0 Å². The Morgan fingerprint density at radius 3 is 2.86 bits per heavy atom. The molecule has 0 aliphatic carbocycles. The van der Waals surface area contributed by atoms with Gasteiger partial charge in [0.25, 0.3) is 16.8 Å². The summed E-state index contributed by atoms with van der Waals surface area (Å²) in [6.07, 6.45) is 2.06. The van der Waals surface area contributed by atoms with Gasteiger partial charge in [0.1, 0.15) is 0 Å². The molecule has 1 heterocycles. The minimum atomic E-state index is -0.506. The third-order valence-electron chi connectivity index (χ3n) is 2.98. The van der Waals surface area contributed by atoms with E-state index in [-0.39, 0.29) is 21.7 Å². The number of nitro benzene ring substituents is 1. The van der Waals surface area contributed by atoms with Crippen molar-refractivity contribution in [1.82, 2.24) is 4.90 Å². The second-order valence-electron chi connectivity index (χ2n) is 4.53. The fourth-order valence-corrected chi connectivity index (χ4v) is 2.80. The van der Waals surface area contributed by atoms with Crippen LogP contribution in [0.4, 0.5) is 10.5 Å². The maximum Gasteiger partial charge on any atom is 0.293 e. The molecular formula is C14H14N2O5S. The highest BCUT2D eigenvalue weighted by Gasteiger charge is 2.34. The molecule has 1 aliphatic rings. The number of rotatable bonds is 6. The number of hydrogen-bond acceptors (Lipinski definition) is 6. The van der Waals surface area contributed by atoms with Crippen molar-refractivity contribution in [2.24, 2.45) is 0 Å². The summed E-state index contributed by atoms with van der Waals surface area (Å²) in [6, 6.07) is 5.91. The number of methoxy groups -OCH3 is 1. The molecule has 1 aromatic rings. The summed E-state index contributed by atoms with van der Waals surface area (Å²) in [6.45, 7) is 0.760. The van der Waals surface area contributed by atoms with Crippen LogP contribution in [0.1, 0.15) is 12.0 Å². The average molecular weight is 322 g/mol. The van der Waals surface area contributed by atoms with E-state index in [9.17, 15) is 19.7 Å². The Labute approximate surface area is 131 Å². The molecule has 7 nitrogen and oxygen atoms in total. The van der Waals surface area contributed by atoms with Crippen molar-refractivity contribution in [3.05, 3.63) is 44.8 Å². The van der Waals surface area contributed by atoms with Gasteiger partial charge in [-0.1, -0.05) is 12.1 Å². The summed E-state index contributed by atoms with van der Waals surface area (Å²) in [5, 5.41) is 10.4. The molecular weight excluding hydrogens is 308 g/mol. The number of carbonyl (C=O) groups is 2. The van der Waals surface area contributed by atoms with Crippen LogP contribution in [0.5, 0.6) is 0 Å². The van der Waals surface area contributed by atoms with Crippen LogP contribution in [-0.2, 0) is 9.53 Å². The van der Waals surface area contributed by atoms with Crippen LogP contribution in [0.15, 0.2) is 29.2 Å². The largest absolute Gasteiger partial charge is 0.385 e. The first-order valence-corrected chi connectivity index (χ1v) is 7.33. The normalized spacial score (nSPS) is 16.6. The van der Waals surface area contributed by atoms with Crippen LogP contribution in [0.3, 0.4) is 0 Å². The van der Waals surface area contributed by atoms with E-state index >= 15 is 0 Å². The van der Waals surface area contributed by atoms with Crippen LogP contribution in [-0.4, -0.2) is 41.2 Å². The Hall–Kier alpha value is -2.19. The number of benzene rings is 1. The van der Waals surface area contributed by atoms with Crippen molar-refractivity contribution >= 4 is 34.7 Å². The second kappa shape index (κ2) is 7.19. The van der Waals surface area contributed by atoms with E-state index < -0.39 is 4.92 Å². The molecule has 0 N–H and O–H groups in total. The van der Waals surface area contributed by atoms with Crippen molar-refractivity contribution in [1.29, 1.82) is 0 Å². The lowest BCUT2D eigenvalue weighted by atomic mass is 10.2. The highest BCUT2D eigenvalue weighted by atomic mass is 32.2. The zero-order valence-electron chi connectivity index (χ0n) is 11.9. The maximum absolute atomic E-state index is 12.2. The molecule has 2 rings (SSSR count). The smallest absolute Gasteiger partial charge is 0.293 e. The summed E-state index contributed by atoms with van der Waals surface area (Å²) in [4.78, 5) is 35.7. The topological polar surface area (TPSA) is 89.8 Å². The summed E-state index contributed by atoms with van der Waals surface area (Å²) in [5.41, 5.74) is 0.449. The van der Waals surface area contributed by atoms with Crippen LogP contribution in [0.2, 0.25) is 0 Å². The number of thioether (sulfide) groups is 1. The molecule has 1 fully saturated rings. The Morgan fingerprint density at radius 1 is 1.41 bits per heavy atom. The van der Waals surface area contributed by atoms with Gasteiger partial charge in [0.05, 0.1) is 9.83 Å². The van der Waals surface area contributed by atoms with Gasteiger partial charge in [-0.2, -0.15) is 0 Å². The molecule has 0 unspecified atom stereocenters. The number of imide groups is 1. The highest BCUT2D eigenvalue weighted by molar-refractivity contribution is 8.18. The molecule has 116 valence electrons. The predicted octanol–water partition coefficient (Wildman–Crippen LogP) is 2.67. The van der Waals surface area contributed by atoms with E-state index in [1.54, 1.807) is 13.2 Å². The third-order valence-corrected chi connectivity index (χ3v) is 3.89. The lowest BCUT2D eigenvalue weighted by molar-refractivity contribution is -0.384. The third kappa shape index (κ3) is 3.71. The minimum Gasteiger partial charge on any atom is -0.385 e. The molecule has 0 spiro atoms. The molecule has 0 bridgehead atoms. The summed E-state index contributed by atoms with van der Waals surface area (Å²) < 4.78 is 4.90. The van der Waals surface area contributed by atoms with E-state index in [1.807, 2.05) is 0 Å². The molecule has 22 heavy (non-hydrogen) atoms. The first-order chi connectivity index (χ1) is 10.5. The first kappa shape index (κ1) is 16.2. The summed E-state index contributed by atoms with van der Waals surface area (Å²) in [7, 11) is 1.55. The van der Waals surface area contributed by atoms with Gasteiger partial charge in [-0.15, -0.1) is 0 Å². The minimum absolute atomic E-state index is 0.0620. The van der Waals surface area contributed by atoms with E-state index in [0.717, 1.165) is 16.7 Å². The van der Waals surface area contributed by atoms with Crippen molar-refractivity contribution in [3.8, 4) is 0 Å².